The van der Waals surface area contributed by atoms with Crippen molar-refractivity contribution in [2.75, 3.05) is 18.4 Å². The standard InChI is InChI=1S/C20H19Cl2N3O4S2/c1-11-9-25(10-12(2)29-11)31(27,28)14-5-3-13(4-6-14)19(26)24-20-23-18-16(30-20)8-7-15(21)17(18)22/h3-8,11-12H,9-10H2,1-2H3,(H,23,24,26). The van der Waals surface area contributed by atoms with E-state index in [-0.39, 0.29) is 17.1 Å². The zero-order valence-corrected chi connectivity index (χ0v) is 19.8. The summed E-state index contributed by atoms with van der Waals surface area (Å²) >= 11 is 13.4. The molecule has 7 nitrogen and oxygen atoms in total. The third kappa shape index (κ3) is 4.57. The minimum atomic E-state index is -3.67. The number of anilines is 1. The second-order valence-corrected chi connectivity index (χ2v) is 11.0. The van der Waals surface area contributed by atoms with Crippen LogP contribution in [0, 0.1) is 0 Å². The van der Waals surface area contributed by atoms with Gasteiger partial charge in [-0.1, -0.05) is 34.5 Å². The molecule has 1 amide bonds. The Morgan fingerprint density at radius 1 is 1.13 bits per heavy atom. The number of nitrogens with zero attached hydrogens (tertiary/aromatic N) is 2. The normalized spacial score (nSPS) is 20.1. The average molecular weight is 500 g/mol. The molecule has 0 spiro atoms. The van der Waals surface area contributed by atoms with Crippen molar-refractivity contribution < 1.29 is 17.9 Å². The van der Waals surface area contributed by atoms with E-state index < -0.39 is 15.9 Å². The Labute approximate surface area is 194 Å². The van der Waals surface area contributed by atoms with Gasteiger partial charge in [-0.05, 0) is 50.2 Å². The van der Waals surface area contributed by atoms with Crippen LogP contribution in [0.1, 0.15) is 24.2 Å². The molecule has 1 aliphatic rings. The third-order valence-corrected chi connectivity index (χ3v) is 8.39. The number of hydrogen-bond donors (Lipinski definition) is 1. The monoisotopic (exact) mass is 499 g/mol. The van der Waals surface area contributed by atoms with E-state index in [9.17, 15) is 13.2 Å². The van der Waals surface area contributed by atoms with E-state index in [4.69, 9.17) is 27.9 Å². The van der Waals surface area contributed by atoms with Gasteiger partial charge in [0.15, 0.2) is 5.13 Å². The van der Waals surface area contributed by atoms with Crippen molar-refractivity contribution in [2.45, 2.75) is 31.0 Å². The zero-order valence-electron chi connectivity index (χ0n) is 16.6. The van der Waals surface area contributed by atoms with Crippen LogP contribution >= 0.6 is 34.5 Å². The van der Waals surface area contributed by atoms with E-state index in [1.54, 1.807) is 12.1 Å². The summed E-state index contributed by atoms with van der Waals surface area (Å²) in [7, 11) is -3.67. The maximum Gasteiger partial charge on any atom is 0.257 e. The van der Waals surface area contributed by atoms with Crippen molar-refractivity contribution in [3.63, 3.8) is 0 Å². The molecule has 1 fully saturated rings. The quantitative estimate of drug-likeness (QED) is 0.563. The van der Waals surface area contributed by atoms with Gasteiger partial charge in [0, 0.05) is 18.7 Å². The number of carbonyl (C=O) groups is 1. The van der Waals surface area contributed by atoms with Crippen molar-refractivity contribution in [3.8, 4) is 0 Å². The first-order valence-electron chi connectivity index (χ1n) is 9.46. The third-order valence-electron chi connectivity index (χ3n) is 4.81. The largest absolute Gasteiger partial charge is 0.373 e. The fraction of sp³-hybridized carbons (Fsp3) is 0.300. The van der Waals surface area contributed by atoms with Crippen molar-refractivity contribution in [1.82, 2.24) is 9.29 Å². The Morgan fingerprint density at radius 2 is 1.77 bits per heavy atom. The lowest BCUT2D eigenvalue weighted by Gasteiger charge is -2.34. The van der Waals surface area contributed by atoms with Crippen LogP contribution in [0.2, 0.25) is 10.0 Å². The van der Waals surface area contributed by atoms with Gasteiger partial charge in [-0.25, -0.2) is 13.4 Å². The van der Waals surface area contributed by atoms with Crippen LogP contribution in [0.5, 0.6) is 0 Å². The molecular weight excluding hydrogens is 481 g/mol. The number of rotatable bonds is 4. The number of nitrogens with one attached hydrogen (secondary N) is 1. The molecule has 0 saturated carbocycles. The van der Waals surface area contributed by atoms with Crippen LogP contribution in [0.4, 0.5) is 5.13 Å². The highest BCUT2D eigenvalue weighted by Crippen LogP contribution is 2.35. The summed E-state index contributed by atoms with van der Waals surface area (Å²) in [6.07, 6.45) is -0.360. The Kier molecular flexibility index (Phi) is 6.26. The average Bonchev–Trinajstić information content (AvgIpc) is 3.13. The molecule has 1 aromatic heterocycles. The van der Waals surface area contributed by atoms with Gasteiger partial charge >= 0.3 is 0 Å². The number of morpholine rings is 1. The molecular formula is C20H19Cl2N3O4S2. The second-order valence-electron chi connectivity index (χ2n) is 7.28. The van der Waals surface area contributed by atoms with Crippen LogP contribution in [-0.2, 0) is 14.8 Å². The molecule has 31 heavy (non-hydrogen) atoms. The molecule has 2 heterocycles. The molecule has 4 rings (SSSR count). The van der Waals surface area contributed by atoms with Crippen molar-refractivity contribution in [3.05, 3.63) is 52.0 Å². The second kappa shape index (κ2) is 8.65. The number of aromatic nitrogens is 1. The lowest BCUT2D eigenvalue weighted by molar-refractivity contribution is -0.0440. The first kappa shape index (κ1) is 22.4. The number of halogens is 2. The van der Waals surface area contributed by atoms with Gasteiger partial charge < -0.3 is 4.74 Å². The van der Waals surface area contributed by atoms with Gasteiger partial charge in [-0.15, -0.1) is 0 Å². The highest BCUT2D eigenvalue weighted by Gasteiger charge is 2.32. The van der Waals surface area contributed by atoms with Gasteiger partial charge in [0.25, 0.3) is 5.91 Å². The lowest BCUT2D eigenvalue weighted by Crippen LogP contribution is -2.48. The molecule has 2 atom stereocenters. The van der Waals surface area contributed by atoms with Crippen molar-refractivity contribution >= 4 is 65.8 Å². The Hall–Kier alpha value is -1.75. The first-order chi connectivity index (χ1) is 14.6. The Morgan fingerprint density at radius 3 is 2.42 bits per heavy atom. The summed E-state index contributed by atoms with van der Waals surface area (Å²) < 4.78 is 33.7. The minimum absolute atomic E-state index is 0.131. The Balaban J connectivity index is 1.51. The summed E-state index contributed by atoms with van der Waals surface area (Å²) in [6, 6.07) is 9.28. The van der Waals surface area contributed by atoms with Gasteiger partial charge in [-0.3, -0.25) is 10.1 Å². The molecule has 0 radical (unpaired) electrons. The van der Waals surface area contributed by atoms with Gasteiger partial charge in [0.05, 0.1) is 31.8 Å². The van der Waals surface area contributed by atoms with Gasteiger partial charge in [-0.2, -0.15) is 4.31 Å². The lowest BCUT2D eigenvalue weighted by atomic mass is 10.2. The SMILES string of the molecule is CC1CN(S(=O)(=O)c2ccc(C(=O)Nc3nc4c(Cl)c(Cl)ccc4s3)cc2)CC(C)O1. The van der Waals surface area contributed by atoms with Crippen LogP contribution in [0.25, 0.3) is 10.2 Å². The van der Waals surface area contributed by atoms with E-state index >= 15 is 0 Å². The molecule has 164 valence electrons. The number of hydrogen-bond acceptors (Lipinski definition) is 6. The number of amides is 1. The van der Waals surface area contributed by atoms with Crippen LogP contribution in [0.15, 0.2) is 41.3 Å². The summed E-state index contributed by atoms with van der Waals surface area (Å²) in [5.41, 5.74) is 0.830. The van der Waals surface area contributed by atoms with Crippen molar-refractivity contribution in [1.29, 1.82) is 0 Å². The number of carbonyl (C=O) groups excluding carboxylic acids is 1. The van der Waals surface area contributed by atoms with E-state index in [0.717, 1.165) is 4.70 Å². The molecule has 2 unspecified atom stereocenters. The summed E-state index contributed by atoms with van der Waals surface area (Å²) in [4.78, 5) is 17.1. The fourth-order valence-corrected chi connectivity index (χ4v) is 6.29. The van der Waals surface area contributed by atoms with E-state index in [2.05, 4.69) is 10.3 Å². The highest BCUT2D eigenvalue weighted by molar-refractivity contribution is 7.89. The number of benzene rings is 2. The number of ether oxygens (including phenoxy) is 1. The van der Waals surface area contributed by atoms with Crippen LogP contribution in [0.3, 0.4) is 0 Å². The smallest absolute Gasteiger partial charge is 0.257 e. The summed E-state index contributed by atoms with van der Waals surface area (Å²) in [6.45, 7) is 4.27. The topological polar surface area (TPSA) is 88.6 Å². The maximum atomic E-state index is 12.9. The van der Waals surface area contributed by atoms with E-state index in [1.165, 1.54) is 39.9 Å². The zero-order chi connectivity index (χ0) is 22.3. The molecule has 2 aromatic carbocycles. The molecule has 1 saturated heterocycles. The van der Waals surface area contributed by atoms with E-state index in [0.29, 0.717) is 39.3 Å². The molecule has 3 aromatic rings. The number of sulfonamides is 1. The molecule has 11 heteroatoms. The molecule has 0 bridgehead atoms. The van der Waals surface area contributed by atoms with Crippen LogP contribution < -0.4 is 5.32 Å². The maximum absolute atomic E-state index is 12.9. The van der Waals surface area contributed by atoms with Gasteiger partial charge in [0.1, 0.15) is 5.52 Å². The predicted molar refractivity (Wildman–Crippen MR) is 123 cm³/mol. The van der Waals surface area contributed by atoms with Gasteiger partial charge in [0.2, 0.25) is 10.0 Å². The number of fused-ring (bicyclic) bond motifs is 1. The Bertz CT molecular complexity index is 1240. The van der Waals surface area contributed by atoms with E-state index in [1.807, 2.05) is 13.8 Å². The summed E-state index contributed by atoms with van der Waals surface area (Å²) in [5.74, 6) is -0.404. The highest BCUT2D eigenvalue weighted by atomic mass is 35.5. The molecule has 0 aliphatic carbocycles. The molecule has 1 N–H and O–H groups in total. The van der Waals surface area contributed by atoms with Crippen LogP contribution in [-0.4, -0.2) is 48.9 Å². The summed E-state index contributed by atoms with van der Waals surface area (Å²) in [5, 5.41) is 3.81. The molecule has 1 aliphatic heterocycles. The van der Waals surface area contributed by atoms with Crippen molar-refractivity contribution in [2.24, 2.45) is 0 Å². The fourth-order valence-electron chi connectivity index (χ4n) is 3.41. The first-order valence-corrected chi connectivity index (χ1v) is 12.5. The minimum Gasteiger partial charge on any atom is -0.373 e. The predicted octanol–water partition coefficient (Wildman–Crippen LogP) is 4.65. The number of thiazole rings is 1.